The summed E-state index contributed by atoms with van der Waals surface area (Å²) in [6, 6.07) is 6.79. The number of anilines is 1. The molecule has 0 saturated carbocycles. The van der Waals surface area contributed by atoms with Crippen LogP contribution in [0.3, 0.4) is 0 Å². The first-order valence-electron chi connectivity index (χ1n) is 5.29. The molecule has 0 unspecified atom stereocenters. The molecule has 0 aromatic heterocycles. The Kier molecular flexibility index (Phi) is 5.05. The highest BCUT2D eigenvalue weighted by Crippen LogP contribution is 2.09. The molecule has 0 spiro atoms. The van der Waals surface area contributed by atoms with Gasteiger partial charge in [0.05, 0.1) is 12.6 Å². The maximum Gasteiger partial charge on any atom is 0.319 e. The van der Waals surface area contributed by atoms with E-state index in [4.69, 9.17) is 11.2 Å². The molecule has 0 aliphatic rings. The number of methoxy groups -OCH3 is 1. The average molecular weight is 232 g/mol. The van der Waals surface area contributed by atoms with Crippen LogP contribution in [-0.4, -0.2) is 25.8 Å². The van der Waals surface area contributed by atoms with Crippen LogP contribution in [0.4, 0.5) is 10.5 Å². The minimum atomic E-state index is -0.274. The first-order chi connectivity index (χ1) is 8.15. The molecule has 0 aliphatic carbocycles. The Hall–Kier alpha value is -1.99. The number of carbonyl (C=O) groups is 1. The SMILES string of the molecule is C#Cc1cccc(NC(=O)N[C@@H](C)COC)c1. The molecular formula is C13H16N2O2. The number of urea groups is 1. The van der Waals surface area contributed by atoms with Gasteiger partial charge in [-0.1, -0.05) is 12.0 Å². The van der Waals surface area contributed by atoms with Gasteiger partial charge >= 0.3 is 6.03 Å². The van der Waals surface area contributed by atoms with Crippen molar-refractivity contribution in [2.24, 2.45) is 0 Å². The number of benzene rings is 1. The van der Waals surface area contributed by atoms with Gasteiger partial charge in [0.15, 0.2) is 0 Å². The number of hydrogen-bond acceptors (Lipinski definition) is 2. The first-order valence-corrected chi connectivity index (χ1v) is 5.29. The quantitative estimate of drug-likeness (QED) is 0.778. The van der Waals surface area contributed by atoms with E-state index in [-0.39, 0.29) is 12.1 Å². The molecule has 90 valence electrons. The van der Waals surface area contributed by atoms with E-state index in [1.54, 1.807) is 31.4 Å². The van der Waals surface area contributed by atoms with Crippen molar-refractivity contribution >= 4 is 11.7 Å². The number of terminal acetylenes is 1. The fraction of sp³-hybridized carbons (Fsp3) is 0.308. The molecule has 1 rings (SSSR count). The lowest BCUT2D eigenvalue weighted by Gasteiger charge is -2.13. The summed E-state index contributed by atoms with van der Waals surface area (Å²) in [7, 11) is 1.59. The summed E-state index contributed by atoms with van der Waals surface area (Å²) in [5.74, 6) is 2.51. The molecule has 1 atom stereocenters. The van der Waals surface area contributed by atoms with Gasteiger partial charge in [0.1, 0.15) is 0 Å². The normalized spacial score (nSPS) is 11.4. The van der Waals surface area contributed by atoms with Gasteiger partial charge in [0.25, 0.3) is 0 Å². The second-order valence-corrected chi connectivity index (χ2v) is 3.68. The van der Waals surface area contributed by atoms with Crippen molar-refractivity contribution in [1.29, 1.82) is 0 Å². The molecule has 0 bridgehead atoms. The van der Waals surface area contributed by atoms with Crippen LogP contribution >= 0.6 is 0 Å². The summed E-state index contributed by atoms with van der Waals surface area (Å²) in [5.41, 5.74) is 1.40. The third kappa shape index (κ3) is 4.58. The summed E-state index contributed by atoms with van der Waals surface area (Å²) in [6.07, 6.45) is 5.27. The van der Waals surface area contributed by atoms with E-state index < -0.39 is 0 Å². The molecule has 1 aromatic rings. The topological polar surface area (TPSA) is 50.4 Å². The van der Waals surface area contributed by atoms with Crippen LogP contribution in [0.5, 0.6) is 0 Å². The van der Waals surface area contributed by atoms with Crippen molar-refractivity contribution in [3.05, 3.63) is 29.8 Å². The highest BCUT2D eigenvalue weighted by Gasteiger charge is 2.06. The number of ether oxygens (including phenoxy) is 1. The molecule has 0 fully saturated rings. The van der Waals surface area contributed by atoms with E-state index in [9.17, 15) is 4.79 Å². The fourth-order valence-electron chi connectivity index (χ4n) is 1.37. The van der Waals surface area contributed by atoms with Crippen LogP contribution in [0.15, 0.2) is 24.3 Å². The van der Waals surface area contributed by atoms with E-state index in [0.717, 1.165) is 5.56 Å². The lowest BCUT2D eigenvalue weighted by Crippen LogP contribution is -2.38. The molecular weight excluding hydrogens is 216 g/mol. The number of amides is 2. The Labute approximate surface area is 101 Å². The minimum Gasteiger partial charge on any atom is -0.383 e. The Morgan fingerprint density at radius 2 is 2.35 bits per heavy atom. The van der Waals surface area contributed by atoms with Gasteiger partial charge in [-0.15, -0.1) is 6.42 Å². The molecule has 4 heteroatoms. The van der Waals surface area contributed by atoms with E-state index >= 15 is 0 Å². The number of carbonyl (C=O) groups excluding carboxylic acids is 1. The Morgan fingerprint density at radius 3 is 3.00 bits per heavy atom. The van der Waals surface area contributed by atoms with E-state index in [1.165, 1.54) is 0 Å². The molecule has 2 N–H and O–H groups in total. The van der Waals surface area contributed by atoms with Crippen LogP contribution in [0.1, 0.15) is 12.5 Å². The Morgan fingerprint density at radius 1 is 1.59 bits per heavy atom. The van der Waals surface area contributed by atoms with E-state index in [1.807, 2.05) is 6.92 Å². The van der Waals surface area contributed by atoms with Gasteiger partial charge in [-0.2, -0.15) is 0 Å². The molecule has 0 saturated heterocycles. The second kappa shape index (κ2) is 6.56. The van der Waals surface area contributed by atoms with Crippen molar-refractivity contribution in [2.45, 2.75) is 13.0 Å². The zero-order valence-corrected chi connectivity index (χ0v) is 9.99. The van der Waals surface area contributed by atoms with Crippen molar-refractivity contribution in [3.63, 3.8) is 0 Å². The van der Waals surface area contributed by atoms with Gasteiger partial charge in [-0.05, 0) is 25.1 Å². The number of nitrogens with one attached hydrogen (secondary N) is 2. The molecule has 17 heavy (non-hydrogen) atoms. The third-order valence-electron chi connectivity index (χ3n) is 2.08. The van der Waals surface area contributed by atoms with E-state index in [0.29, 0.717) is 12.3 Å². The lowest BCUT2D eigenvalue weighted by molar-refractivity contribution is 0.173. The molecule has 1 aromatic carbocycles. The van der Waals surface area contributed by atoms with Crippen LogP contribution in [0, 0.1) is 12.3 Å². The van der Waals surface area contributed by atoms with E-state index in [2.05, 4.69) is 16.6 Å². The lowest BCUT2D eigenvalue weighted by atomic mass is 10.2. The molecule has 0 heterocycles. The standard InChI is InChI=1S/C13H16N2O2/c1-4-11-6-5-7-12(8-11)15-13(16)14-10(2)9-17-3/h1,5-8,10H,9H2,2-3H3,(H2,14,15,16)/t10-/m0/s1. The smallest absolute Gasteiger partial charge is 0.319 e. The Bertz CT molecular complexity index is 424. The molecule has 0 radical (unpaired) electrons. The van der Waals surface area contributed by atoms with Crippen LogP contribution in [-0.2, 0) is 4.74 Å². The maximum atomic E-state index is 11.6. The fourth-order valence-corrected chi connectivity index (χ4v) is 1.37. The molecule has 2 amide bonds. The van der Waals surface area contributed by atoms with Crippen LogP contribution < -0.4 is 10.6 Å². The average Bonchev–Trinajstić information content (AvgIpc) is 2.29. The highest BCUT2D eigenvalue weighted by atomic mass is 16.5. The summed E-state index contributed by atoms with van der Waals surface area (Å²) < 4.78 is 4.92. The zero-order chi connectivity index (χ0) is 12.7. The van der Waals surface area contributed by atoms with Gasteiger partial charge in [0, 0.05) is 18.4 Å². The predicted molar refractivity (Wildman–Crippen MR) is 67.9 cm³/mol. The first kappa shape index (κ1) is 13.1. The monoisotopic (exact) mass is 232 g/mol. The maximum absolute atomic E-state index is 11.6. The minimum absolute atomic E-state index is 0.0455. The number of hydrogen-bond donors (Lipinski definition) is 2. The summed E-state index contributed by atoms with van der Waals surface area (Å²) in [4.78, 5) is 11.6. The largest absolute Gasteiger partial charge is 0.383 e. The van der Waals surface area contributed by atoms with Crippen LogP contribution in [0.2, 0.25) is 0 Å². The third-order valence-corrected chi connectivity index (χ3v) is 2.08. The second-order valence-electron chi connectivity index (χ2n) is 3.68. The van der Waals surface area contributed by atoms with Crippen molar-refractivity contribution in [1.82, 2.24) is 5.32 Å². The summed E-state index contributed by atoms with van der Waals surface area (Å²) in [6.45, 7) is 2.33. The zero-order valence-electron chi connectivity index (χ0n) is 9.99. The predicted octanol–water partition coefficient (Wildman–Crippen LogP) is 1.82. The summed E-state index contributed by atoms with van der Waals surface area (Å²) >= 11 is 0. The summed E-state index contributed by atoms with van der Waals surface area (Å²) in [5, 5.41) is 5.44. The van der Waals surface area contributed by atoms with Gasteiger partial charge in [-0.25, -0.2) is 4.79 Å². The van der Waals surface area contributed by atoms with Crippen molar-refractivity contribution in [3.8, 4) is 12.3 Å². The number of rotatable bonds is 4. The Balaban J connectivity index is 2.53. The van der Waals surface area contributed by atoms with Gasteiger partial charge < -0.3 is 15.4 Å². The molecule has 0 aliphatic heterocycles. The molecule has 4 nitrogen and oxygen atoms in total. The van der Waals surface area contributed by atoms with Crippen LogP contribution in [0.25, 0.3) is 0 Å². The van der Waals surface area contributed by atoms with Gasteiger partial charge in [-0.3, -0.25) is 0 Å². The van der Waals surface area contributed by atoms with Crippen molar-refractivity contribution < 1.29 is 9.53 Å². The van der Waals surface area contributed by atoms with Gasteiger partial charge in [0.2, 0.25) is 0 Å². The highest BCUT2D eigenvalue weighted by molar-refractivity contribution is 5.89. The van der Waals surface area contributed by atoms with Crippen molar-refractivity contribution in [2.75, 3.05) is 19.0 Å².